The number of alkyl halides is 1. The van der Waals surface area contributed by atoms with E-state index < -0.39 is 36.2 Å². The Morgan fingerprint density at radius 1 is 0.904 bits per heavy atom. The normalized spacial score (nSPS) is 28.8. The number of ether oxygens (including phenoxy) is 2. The molecule has 0 radical (unpaired) electrons. The van der Waals surface area contributed by atoms with Crippen LogP contribution in [0.3, 0.4) is 0 Å². The van der Waals surface area contributed by atoms with Crippen molar-refractivity contribution in [3.8, 4) is 22.4 Å². The summed E-state index contributed by atoms with van der Waals surface area (Å²) in [4.78, 5) is 73.6. The number of amides is 3. The predicted molar refractivity (Wildman–Crippen MR) is 319 cm³/mol. The lowest BCUT2D eigenvalue weighted by Gasteiger charge is -2.45. The number of carbonyl (C=O) groups excluding carboxylic acids is 4. The number of hydrogen-bond donors (Lipinski definition) is 3. The van der Waals surface area contributed by atoms with Crippen molar-refractivity contribution in [2.45, 2.75) is 180 Å². The summed E-state index contributed by atoms with van der Waals surface area (Å²) in [6.07, 6.45) is 15.4. The number of nitrogens with zero attached hydrogens (tertiary/aromatic N) is 7. The van der Waals surface area contributed by atoms with E-state index in [0.717, 1.165) is 140 Å². The number of anilines is 1. The van der Waals surface area contributed by atoms with Gasteiger partial charge in [-0.2, -0.15) is 0 Å². The quantitative estimate of drug-likeness (QED) is 0.0923. The third-order valence-corrected chi connectivity index (χ3v) is 20.9. The fourth-order valence-corrected chi connectivity index (χ4v) is 16.1. The average molecular weight is 1140 g/mol. The van der Waals surface area contributed by atoms with E-state index in [1.54, 1.807) is 7.11 Å². The van der Waals surface area contributed by atoms with Gasteiger partial charge in [0.05, 0.1) is 42.0 Å². The number of carbonyl (C=O) groups is 4. The van der Waals surface area contributed by atoms with E-state index in [4.69, 9.17) is 14.5 Å². The Bertz CT molecular complexity index is 3120. The zero-order valence-electron chi connectivity index (χ0n) is 49.9. The molecule has 3 amide bonds. The second kappa shape index (κ2) is 23.1. The highest BCUT2D eigenvalue weighted by Crippen LogP contribution is 2.47. The van der Waals surface area contributed by atoms with Crippen molar-refractivity contribution < 1.29 is 33.0 Å². The summed E-state index contributed by atoms with van der Waals surface area (Å²) in [6.45, 7) is 16.0. The van der Waals surface area contributed by atoms with Crippen LogP contribution in [0.1, 0.15) is 140 Å². The van der Waals surface area contributed by atoms with E-state index in [2.05, 4.69) is 98.3 Å². The number of hydrogen-bond acceptors (Lipinski definition) is 12. The van der Waals surface area contributed by atoms with Crippen LogP contribution in [0.2, 0.25) is 0 Å². The van der Waals surface area contributed by atoms with Crippen molar-refractivity contribution in [1.29, 1.82) is 0 Å². The van der Waals surface area contributed by atoms with Crippen LogP contribution in [0, 0.1) is 22.7 Å². The fraction of sp³-hybridized carbons (Fsp3) is 0.652. The van der Waals surface area contributed by atoms with Crippen molar-refractivity contribution >= 4 is 40.3 Å². The molecule has 2 aromatic carbocycles. The van der Waals surface area contributed by atoms with E-state index in [-0.39, 0.29) is 54.2 Å². The Hall–Kier alpha value is -5.46. The second-order valence-corrected chi connectivity index (χ2v) is 27.4. The molecule has 16 nitrogen and oxygen atoms in total. The minimum atomic E-state index is -1.02. The maximum Gasteiger partial charge on any atom is 0.324 e. The van der Waals surface area contributed by atoms with Crippen LogP contribution >= 0.6 is 0 Å². The highest BCUT2D eigenvalue weighted by Gasteiger charge is 2.55. The number of halogens is 1. The summed E-state index contributed by atoms with van der Waals surface area (Å²) in [5, 5.41) is 9.39. The smallest absolute Gasteiger partial charge is 0.324 e. The highest BCUT2D eigenvalue weighted by molar-refractivity contribution is 5.96. The number of rotatable bonds is 12. The number of hydrazine groups is 1. The predicted octanol–water partition coefficient (Wildman–Crippen LogP) is 8.12. The number of likely N-dealkylation sites (tertiary alicyclic amines) is 2. The summed E-state index contributed by atoms with van der Waals surface area (Å²) in [7, 11) is 1.74. The average Bonchev–Trinajstić information content (AvgIpc) is 3.06. The number of nitrogens with one attached hydrogen (secondary N) is 3. The molecule has 6 saturated heterocycles. The summed E-state index contributed by atoms with van der Waals surface area (Å²) in [6, 6.07) is 13.3. The Morgan fingerprint density at radius 2 is 1.72 bits per heavy atom. The van der Waals surface area contributed by atoms with Gasteiger partial charge in [-0.25, -0.2) is 9.82 Å². The summed E-state index contributed by atoms with van der Waals surface area (Å²) >= 11 is 0. The summed E-state index contributed by atoms with van der Waals surface area (Å²) in [5.74, 6) is 0.0734. The zero-order valence-corrected chi connectivity index (χ0v) is 49.9. The second-order valence-electron chi connectivity index (χ2n) is 27.4. The molecule has 4 aromatic rings. The molecular formula is C66H89FN10O6. The molecule has 3 N–H and O–H groups in total. The third-order valence-electron chi connectivity index (χ3n) is 20.9. The monoisotopic (exact) mass is 1140 g/mol. The van der Waals surface area contributed by atoms with Gasteiger partial charge in [0.2, 0.25) is 11.8 Å². The van der Waals surface area contributed by atoms with Gasteiger partial charge in [-0.1, -0.05) is 51.3 Å². The Kier molecular flexibility index (Phi) is 15.8. The molecule has 2 saturated carbocycles. The SMILES string of the molecule is CCn1c(-c2cc(N3CCN4CCCC[C@@H]4C3)cnc2[C@H](C)OC)c2c3cc(ccc31)-c1cc(CF)cc(c1)C[C@H](NC(=O)C(C1CCCC1)N1CC[C@]3(CCN(C(=O)[C@@H]4NC4C4CC4)C3)C1)C(=O)N1CCC[C@H](N1)C(=O)OCC(C)(C)C2. The highest BCUT2D eigenvalue weighted by atomic mass is 19.1. The minimum Gasteiger partial charge on any atom is -0.464 e. The molecular weight excluding hydrogens is 1050 g/mol. The number of cyclic esters (lactones) is 1. The first-order chi connectivity index (χ1) is 40.2. The van der Waals surface area contributed by atoms with Gasteiger partial charge in [0, 0.05) is 105 Å². The van der Waals surface area contributed by atoms with Crippen LogP contribution in [-0.4, -0.2) is 162 Å². The van der Waals surface area contributed by atoms with Gasteiger partial charge in [0.15, 0.2) is 0 Å². The first kappa shape index (κ1) is 56.7. The number of benzene rings is 2. The lowest BCUT2D eigenvalue weighted by atomic mass is 9.84. The molecule has 8 fully saturated rings. The number of pyridine rings is 1. The number of fused-ring (bicyclic) bond motifs is 7. The molecule has 13 rings (SSSR count). The number of piperazine rings is 1. The van der Waals surface area contributed by atoms with Crippen LogP contribution in [-0.2, 0) is 54.7 Å². The van der Waals surface area contributed by atoms with Gasteiger partial charge in [-0.3, -0.25) is 44.3 Å². The number of aryl methyl sites for hydroxylation is 1. The van der Waals surface area contributed by atoms with Gasteiger partial charge in [0.25, 0.3) is 5.91 Å². The van der Waals surface area contributed by atoms with Crippen LogP contribution in [0.25, 0.3) is 33.3 Å². The molecule has 2 unspecified atom stereocenters. The lowest BCUT2D eigenvalue weighted by Crippen LogP contribution is -2.62. The van der Waals surface area contributed by atoms with Crippen LogP contribution in [0.5, 0.6) is 0 Å². The maximum absolute atomic E-state index is 15.4. The molecule has 2 aromatic heterocycles. The van der Waals surface area contributed by atoms with E-state index in [9.17, 15) is 9.59 Å². The third kappa shape index (κ3) is 11.4. The molecule has 7 aliphatic heterocycles. The van der Waals surface area contributed by atoms with E-state index in [1.807, 2.05) is 18.3 Å². The minimum absolute atomic E-state index is 0.0474. The van der Waals surface area contributed by atoms with Crippen molar-refractivity contribution in [2.75, 3.05) is 77.5 Å². The largest absolute Gasteiger partial charge is 0.464 e. The van der Waals surface area contributed by atoms with E-state index in [0.29, 0.717) is 62.5 Å². The Balaban J connectivity index is 0.857. The van der Waals surface area contributed by atoms with Crippen LogP contribution < -0.4 is 21.0 Å². The molecule has 9 aliphatic rings. The van der Waals surface area contributed by atoms with Gasteiger partial charge in [0.1, 0.15) is 24.8 Å². The van der Waals surface area contributed by atoms with E-state index in [1.165, 1.54) is 37.1 Å². The van der Waals surface area contributed by atoms with Crippen LogP contribution in [0.15, 0.2) is 48.7 Å². The number of piperidine rings is 1. The first-order valence-corrected chi connectivity index (χ1v) is 31.9. The lowest BCUT2D eigenvalue weighted by molar-refractivity contribution is -0.155. The molecule has 17 heteroatoms. The molecule has 9 heterocycles. The number of aromatic nitrogens is 2. The standard InChI is InChI=1S/C66H89FN10O6/c1-6-76-55-19-18-46-32-50(55)52(60(76)51-33-49(36-68-56(51)41(2)82-5)73-27-26-72-22-10-9-14-48(72)37-73)34-65(3,4)40-83-64(81)53-15-11-23-77(71-53)62(79)54(31-42-28-43(35-67)30-47(46)29-42)69-61(78)59(45-12-7-8-13-45)74-24-20-66(38-74)21-25-75(39-66)63(80)58-57(70-58)44-16-17-44/h18-19,28-30,32-33,36,41,44-45,48,53-54,57-59,70-71H,6-17,20-27,31,34-35,37-40H2,1-5H3,(H,69,78)/t41-,48+,53-,54-,57?,58+,59?,66-/m0/s1. The van der Waals surface area contributed by atoms with Crippen molar-refractivity contribution in [1.82, 2.24) is 45.3 Å². The van der Waals surface area contributed by atoms with Crippen molar-refractivity contribution in [3.63, 3.8) is 0 Å². The number of methoxy groups -OCH3 is 1. The molecule has 6 bridgehead atoms. The van der Waals surface area contributed by atoms with Gasteiger partial charge in [-0.15, -0.1) is 0 Å². The molecule has 83 heavy (non-hydrogen) atoms. The fourth-order valence-electron chi connectivity index (χ4n) is 16.1. The molecule has 446 valence electrons. The molecule has 1 spiro atoms. The maximum atomic E-state index is 15.4. The summed E-state index contributed by atoms with van der Waals surface area (Å²) in [5.41, 5.74) is 11.8. The van der Waals surface area contributed by atoms with Crippen molar-refractivity contribution in [3.05, 3.63) is 71.0 Å². The first-order valence-electron chi connectivity index (χ1n) is 31.9. The van der Waals surface area contributed by atoms with Gasteiger partial charge in [-0.05, 0) is 161 Å². The topological polar surface area (TPSA) is 167 Å². The van der Waals surface area contributed by atoms with Crippen LogP contribution in [0.4, 0.5) is 10.1 Å². The molecule has 2 aliphatic carbocycles. The van der Waals surface area contributed by atoms with E-state index >= 15 is 14.0 Å². The Labute approximate surface area is 489 Å². The van der Waals surface area contributed by atoms with Crippen molar-refractivity contribution in [2.24, 2.45) is 22.7 Å². The Morgan fingerprint density at radius 3 is 2.52 bits per heavy atom. The molecule has 8 atom stereocenters. The zero-order chi connectivity index (χ0) is 57.3. The number of esters is 1. The van der Waals surface area contributed by atoms with Gasteiger partial charge >= 0.3 is 5.97 Å². The van der Waals surface area contributed by atoms with Gasteiger partial charge < -0.3 is 29.2 Å². The summed E-state index contributed by atoms with van der Waals surface area (Å²) < 4.78 is 30.2.